The summed E-state index contributed by atoms with van der Waals surface area (Å²) in [6.45, 7) is 9.75. The third-order valence-corrected chi connectivity index (χ3v) is 3.22. The van der Waals surface area contributed by atoms with Gasteiger partial charge in [0.05, 0.1) is 0 Å². The Balaban J connectivity index is 0. The zero-order valence-corrected chi connectivity index (χ0v) is 9.67. The van der Waals surface area contributed by atoms with E-state index in [-0.39, 0.29) is 32.8 Å². The first-order valence-corrected chi connectivity index (χ1v) is 5.73. The third-order valence-electron chi connectivity index (χ3n) is 1.51. The summed E-state index contributed by atoms with van der Waals surface area (Å²) in [7, 11) is 0. The second kappa shape index (κ2) is 10.5. The predicted molar refractivity (Wildman–Crippen MR) is 56.7 cm³/mol. The molecule has 0 N–H and O–H groups in total. The van der Waals surface area contributed by atoms with Gasteiger partial charge in [0.15, 0.2) is 0 Å². The van der Waals surface area contributed by atoms with Crippen LogP contribution in [-0.2, 0) is 0 Å². The molecule has 0 aliphatic carbocycles. The summed E-state index contributed by atoms with van der Waals surface area (Å²) in [6.07, 6.45) is 5.89. The summed E-state index contributed by atoms with van der Waals surface area (Å²) in [6, 6.07) is 0. The van der Waals surface area contributed by atoms with E-state index in [1.165, 1.54) is 27.5 Å². The van der Waals surface area contributed by atoms with Gasteiger partial charge < -0.3 is 0 Å². The van der Waals surface area contributed by atoms with E-state index in [4.69, 9.17) is 0 Å². The van der Waals surface area contributed by atoms with Crippen LogP contribution in [0.3, 0.4) is 0 Å². The van der Waals surface area contributed by atoms with Gasteiger partial charge in [-0.2, -0.15) is 0 Å². The molecule has 0 atom stereocenters. The Morgan fingerprint density at radius 2 is 2.09 bits per heavy atom. The minimum absolute atomic E-state index is 0. The molecular weight excluding hydrogens is 168 g/mol. The summed E-state index contributed by atoms with van der Waals surface area (Å²) in [5.41, 5.74) is 0. The van der Waals surface area contributed by atoms with Crippen LogP contribution >= 0.6 is 12.4 Å². The fraction of sp³-hybridized carbons (Fsp3) is 0.556. The van der Waals surface area contributed by atoms with Crippen molar-refractivity contribution in [1.82, 2.24) is 0 Å². The van der Waals surface area contributed by atoms with Gasteiger partial charge in [0.1, 0.15) is 0 Å². The molecule has 0 bridgehead atoms. The third kappa shape index (κ3) is 13.5. The fourth-order valence-electron chi connectivity index (χ4n) is 0.892. The summed E-state index contributed by atoms with van der Waals surface area (Å²) >= 11 is 0.0894. The Kier molecular flexibility index (Phi) is 13.5. The van der Waals surface area contributed by atoms with Gasteiger partial charge in [0.25, 0.3) is 0 Å². The van der Waals surface area contributed by atoms with Crippen LogP contribution in [0.1, 0.15) is 26.2 Å². The number of hydrogen-bond donors (Lipinski definition) is 0. The highest BCUT2D eigenvalue weighted by Crippen LogP contribution is 2.01. The lowest BCUT2D eigenvalue weighted by Gasteiger charge is -1.95. The Bertz CT molecular complexity index is 110. The molecule has 0 rings (SSSR count). The zero-order chi connectivity index (χ0) is 7.82. The maximum absolute atomic E-state index is 3.91. The van der Waals surface area contributed by atoms with Crippen LogP contribution in [0.25, 0.3) is 0 Å². The van der Waals surface area contributed by atoms with E-state index >= 15 is 0 Å². The van der Waals surface area contributed by atoms with Crippen LogP contribution in [0.15, 0.2) is 22.9 Å². The summed E-state index contributed by atoms with van der Waals surface area (Å²) < 4.78 is 2.88. The predicted octanol–water partition coefficient (Wildman–Crippen LogP) is 3.42. The van der Waals surface area contributed by atoms with Crippen LogP contribution < -0.4 is 0 Å². The first-order chi connectivity index (χ1) is 4.77. The Morgan fingerprint density at radius 1 is 1.45 bits per heavy atom. The SMILES string of the molecule is C=CCCC[CH2][Mg][C](=C)C.Cl. The van der Waals surface area contributed by atoms with Gasteiger partial charge in [-0.3, -0.25) is 0 Å². The van der Waals surface area contributed by atoms with Gasteiger partial charge in [-0.1, -0.05) is 25.8 Å². The van der Waals surface area contributed by atoms with Crippen LogP contribution in [0.2, 0.25) is 4.55 Å². The molecule has 0 aliphatic heterocycles. The Labute approximate surface area is 86.3 Å². The molecule has 0 saturated carbocycles. The smallest absolute Gasteiger partial charge is 0.204 e. The molecule has 0 nitrogen and oxygen atoms in total. The highest BCUT2D eigenvalue weighted by Gasteiger charge is 1.93. The van der Waals surface area contributed by atoms with Crippen LogP contribution in [0, 0.1) is 0 Å². The number of rotatable bonds is 6. The molecule has 0 heterocycles. The van der Waals surface area contributed by atoms with E-state index in [1.807, 2.05) is 6.08 Å². The average Bonchev–Trinajstić information content (AvgIpc) is 1.87. The molecule has 0 aliphatic rings. The van der Waals surface area contributed by atoms with E-state index in [1.54, 1.807) is 0 Å². The standard InChI is InChI=1S/C6H11.C3H5.ClH.Mg/c1-3-5-6-4-2;1-3-2;;/h3H,1-2,4-6H2;1H2,2H3;1H;. The maximum Gasteiger partial charge on any atom is 0.400 e. The molecule has 0 unspecified atom stereocenters. The fourth-order valence-corrected chi connectivity index (χ4v) is 2.10. The molecule has 0 aromatic carbocycles. The number of hydrogen-bond acceptors (Lipinski definition) is 0. The molecule has 11 heavy (non-hydrogen) atoms. The van der Waals surface area contributed by atoms with Gasteiger partial charge >= 0.3 is 20.4 Å². The lowest BCUT2D eigenvalue weighted by Crippen LogP contribution is -1.89. The lowest BCUT2D eigenvalue weighted by molar-refractivity contribution is 0.812. The molecule has 0 aromatic rings. The van der Waals surface area contributed by atoms with Crippen molar-refractivity contribution in [1.29, 1.82) is 0 Å². The van der Waals surface area contributed by atoms with Crippen molar-refractivity contribution < 1.29 is 0 Å². The van der Waals surface area contributed by atoms with Crippen molar-refractivity contribution in [3.05, 3.63) is 22.9 Å². The van der Waals surface area contributed by atoms with Gasteiger partial charge in [0.2, 0.25) is 0 Å². The molecule has 0 saturated heterocycles. The molecule has 0 amide bonds. The van der Waals surface area contributed by atoms with Crippen molar-refractivity contribution in [2.24, 2.45) is 0 Å². The molecule has 0 spiro atoms. The van der Waals surface area contributed by atoms with E-state index in [2.05, 4.69) is 20.1 Å². The lowest BCUT2D eigenvalue weighted by atomic mass is 10.2. The number of halogens is 1. The number of allylic oxidation sites excluding steroid dienone is 2. The van der Waals surface area contributed by atoms with E-state index in [9.17, 15) is 0 Å². The highest BCUT2D eigenvalue weighted by atomic mass is 35.5. The molecule has 0 fully saturated rings. The average molecular weight is 185 g/mol. The van der Waals surface area contributed by atoms with Crippen molar-refractivity contribution >= 4 is 32.8 Å². The van der Waals surface area contributed by atoms with Crippen LogP contribution in [0.5, 0.6) is 0 Å². The van der Waals surface area contributed by atoms with Crippen molar-refractivity contribution in [2.45, 2.75) is 30.7 Å². The minimum Gasteiger partial charge on any atom is -0.204 e. The summed E-state index contributed by atoms with van der Waals surface area (Å²) in [5.74, 6) is 0. The Hall–Kier alpha value is 0.536. The maximum atomic E-state index is 3.91. The largest absolute Gasteiger partial charge is 0.400 e. The Morgan fingerprint density at radius 3 is 2.55 bits per heavy atom. The van der Waals surface area contributed by atoms with Gasteiger partial charge in [-0.25, -0.2) is 3.70 Å². The van der Waals surface area contributed by atoms with Crippen molar-refractivity contribution in [3.63, 3.8) is 0 Å². The normalized spacial score (nSPS) is 7.73. The zero-order valence-electron chi connectivity index (χ0n) is 7.44. The first-order valence-electron chi connectivity index (χ1n) is 4.02. The second-order valence-electron chi connectivity index (χ2n) is 2.85. The van der Waals surface area contributed by atoms with Crippen LogP contribution in [0.4, 0.5) is 0 Å². The topological polar surface area (TPSA) is 0 Å². The first kappa shape index (κ1) is 14.1. The quantitative estimate of drug-likeness (QED) is 0.337. The second-order valence-corrected chi connectivity index (χ2v) is 5.26. The highest BCUT2D eigenvalue weighted by molar-refractivity contribution is 6.44. The van der Waals surface area contributed by atoms with E-state index in [0.717, 1.165) is 0 Å². The van der Waals surface area contributed by atoms with Gasteiger partial charge in [-0.05, 0) is 6.42 Å². The molecule has 0 aromatic heterocycles. The summed E-state index contributed by atoms with van der Waals surface area (Å²) in [5, 5.41) is 0. The molecule has 2 heteroatoms. The molecule has 62 valence electrons. The van der Waals surface area contributed by atoms with Crippen molar-refractivity contribution in [2.75, 3.05) is 0 Å². The number of unbranched alkanes of at least 4 members (excludes halogenated alkanes) is 2. The van der Waals surface area contributed by atoms with Crippen molar-refractivity contribution in [3.8, 4) is 0 Å². The molecule has 0 radical (unpaired) electrons. The van der Waals surface area contributed by atoms with E-state index < -0.39 is 0 Å². The minimum atomic E-state index is 0. The van der Waals surface area contributed by atoms with E-state index in [0.29, 0.717) is 0 Å². The monoisotopic (exact) mass is 184 g/mol. The molecular formula is C9H17ClMg. The van der Waals surface area contributed by atoms with Crippen LogP contribution in [-0.4, -0.2) is 20.4 Å². The summed E-state index contributed by atoms with van der Waals surface area (Å²) in [4.78, 5) is 0. The van der Waals surface area contributed by atoms with Gasteiger partial charge in [0, 0.05) is 0 Å². The van der Waals surface area contributed by atoms with Gasteiger partial charge in [-0.15, -0.1) is 30.1 Å².